The molecule has 8 heteroatoms. The van der Waals surface area contributed by atoms with Crippen LogP contribution >= 0.6 is 0 Å². The van der Waals surface area contributed by atoms with Gasteiger partial charge in [-0.1, -0.05) is 0 Å². The van der Waals surface area contributed by atoms with Gasteiger partial charge in [0.2, 0.25) is 10.0 Å². The fraction of sp³-hybridized carbons (Fsp3) is 0.750. The number of sulfonamides is 1. The quantitative estimate of drug-likeness (QED) is 0.800. The number of aromatic nitrogens is 2. The average molecular weight is 301 g/mol. The van der Waals surface area contributed by atoms with Gasteiger partial charge in [0, 0.05) is 38.3 Å². The van der Waals surface area contributed by atoms with Gasteiger partial charge in [0.1, 0.15) is 4.90 Å². The fourth-order valence-electron chi connectivity index (χ4n) is 2.40. The lowest BCUT2D eigenvalue weighted by molar-refractivity contribution is 0.0850. The molecule has 0 atom stereocenters. The fourth-order valence-corrected chi connectivity index (χ4v) is 3.94. The molecule has 0 bridgehead atoms. The Kier molecular flexibility index (Phi) is 4.19. The van der Waals surface area contributed by atoms with Crippen molar-refractivity contribution in [2.75, 3.05) is 32.7 Å². The van der Waals surface area contributed by atoms with Crippen molar-refractivity contribution in [1.82, 2.24) is 19.4 Å². The molecule has 0 spiro atoms. The highest BCUT2D eigenvalue weighted by Gasteiger charge is 2.34. The van der Waals surface area contributed by atoms with Gasteiger partial charge in [-0.05, 0) is 20.8 Å². The van der Waals surface area contributed by atoms with Gasteiger partial charge in [-0.3, -0.25) is 10.00 Å². The minimum Gasteiger partial charge on any atom is -0.329 e. The van der Waals surface area contributed by atoms with Crippen LogP contribution in [0.5, 0.6) is 0 Å². The maximum Gasteiger partial charge on any atom is 0.246 e. The molecule has 0 aliphatic carbocycles. The van der Waals surface area contributed by atoms with Crippen LogP contribution in [0.4, 0.5) is 0 Å². The molecular weight excluding hydrogens is 278 g/mol. The Morgan fingerprint density at radius 2 is 1.95 bits per heavy atom. The van der Waals surface area contributed by atoms with Crippen LogP contribution in [-0.4, -0.2) is 66.1 Å². The molecule has 1 aromatic rings. The summed E-state index contributed by atoms with van der Waals surface area (Å²) in [5.74, 6) is 0. The van der Waals surface area contributed by atoms with E-state index in [1.807, 2.05) is 0 Å². The van der Waals surface area contributed by atoms with E-state index < -0.39 is 10.0 Å². The lowest BCUT2D eigenvalue weighted by Crippen LogP contribution is -2.58. The van der Waals surface area contributed by atoms with Gasteiger partial charge < -0.3 is 5.73 Å². The molecule has 0 aromatic carbocycles. The van der Waals surface area contributed by atoms with Crippen LogP contribution in [0.1, 0.15) is 19.5 Å². The van der Waals surface area contributed by atoms with Crippen molar-refractivity contribution < 1.29 is 8.42 Å². The van der Waals surface area contributed by atoms with E-state index in [1.54, 1.807) is 6.92 Å². The van der Waals surface area contributed by atoms with Crippen LogP contribution in [0.3, 0.4) is 0 Å². The number of aryl methyl sites for hydroxylation is 1. The number of hydrogen-bond acceptors (Lipinski definition) is 5. The zero-order chi connectivity index (χ0) is 15.0. The van der Waals surface area contributed by atoms with Gasteiger partial charge in [-0.15, -0.1) is 0 Å². The number of piperazine rings is 1. The zero-order valence-electron chi connectivity index (χ0n) is 12.3. The smallest absolute Gasteiger partial charge is 0.246 e. The molecule has 0 saturated carbocycles. The maximum atomic E-state index is 12.5. The third-order valence-electron chi connectivity index (χ3n) is 4.00. The highest BCUT2D eigenvalue weighted by Crippen LogP contribution is 2.22. The molecule has 114 valence electrons. The number of nitrogens with two attached hydrogens (primary N) is 1. The van der Waals surface area contributed by atoms with E-state index in [1.165, 1.54) is 10.5 Å². The predicted octanol–water partition coefficient (Wildman–Crippen LogP) is -0.238. The van der Waals surface area contributed by atoms with Crippen molar-refractivity contribution >= 4 is 10.0 Å². The number of nitrogens with one attached hydrogen (secondary N) is 1. The summed E-state index contributed by atoms with van der Waals surface area (Å²) in [6, 6.07) is 0. The molecule has 1 aromatic heterocycles. The number of H-pyrrole nitrogens is 1. The number of rotatable bonds is 4. The van der Waals surface area contributed by atoms with E-state index in [9.17, 15) is 8.42 Å². The van der Waals surface area contributed by atoms with Crippen LogP contribution in [0.25, 0.3) is 0 Å². The minimum atomic E-state index is -3.44. The van der Waals surface area contributed by atoms with Crippen molar-refractivity contribution in [1.29, 1.82) is 0 Å². The van der Waals surface area contributed by atoms with Gasteiger partial charge >= 0.3 is 0 Å². The maximum absolute atomic E-state index is 12.5. The summed E-state index contributed by atoms with van der Waals surface area (Å²) in [6.45, 7) is 8.79. The Labute approximate surface area is 120 Å². The van der Waals surface area contributed by atoms with Crippen molar-refractivity contribution in [3.05, 3.63) is 11.9 Å². The van der Waals surface area contributed by atoms with Gasteiger partial charge in [-0.2, -0.15) is 9.40 Å². The summed E-state index contributed by atoms with van der Waals surface area (Å²) in [6.07, 6.45) is 1.38. The van der Waals surface area contributed by atoms with Crippen molar-refractivity contribution in [2.45, 2.75) is 31.2 Å². The van der Waals surface area contributed by atoms with Crippen molar-refractivity contribution in [3.63, 3.8) is 0 Å². The van der Waals surface area contributed by atoms with Crippen LogP contribution < -0.4 is 5.73 Å². The molecule has 2 heterocycles. The summed E-state index contributed by atoms with van der Waals surface area (Å²) >= 11 is 0. The standard InChI is InChI=1S/C12H23N5O2S/c1-10-11(8-14-15-10)20(18,19)17-6-4-16(5-7-17)12(2,3)9-13/h8H,4-7,9,13H2,1-3H3,(H,14,15). The molecule has 1 saturated heterocycles. The van der Waals surface area contributed by atoms with E-state index in [4.69, 9.17) is 5.73 Å². The molecule has 0 radical (unpaired) electrons. The van der Waals surface area contributed by atoms with Gasteiger partial charge in [0.05, 0.1) is 11.9 Å². The molecule has 1 fully saturated rings. The predicted molar refractivity (Wildman–Crippen MR) is 76.8 cm³/mol. The van der Waals surface area contributed by atoms with Crippen molar-refractivity contribution in [3.8, 4) is 0 Å². The lowest BCUT2D eigenvalue weighted by Gasteiger charge is -2.43. The van der Waals surface area contributed by atoms with Crippen LogP contribution in [0.15, 0.2) is 11.1 Å². The molecule has 0 unspecified atom stereocenters. The van der Waals surface area contributed by atoms with E-state index in [0.717, 1.165) is 0 Å². The van der Waals surface area contributed by atoms with Gasteiger partial charge in [0.15, 0.2) is 0 Å². The summed E-state index contributed by atoms with van der Waals surface area (Å²) < 4.78 is 26.6. The highest BCUT2D eigenvalue weighted by atomic mass is 32.2. The normalized spacial score (nSPS) is 19.4. The molecule has 7 nitrogen and oxygen atoms in total. The second-order valence-corrected chi connectivity index (χ2v) is 7.67. The molecular formula is C12H23N5O2S. The first-order chi connectivity index (χ1) is 9.29. The number of nitrogens with zero attached hydrogens (tertiary/aromatic N) is 3. The Morgan fingerprint density at radius 3 is 2.40 bits per heavy atom. The van der Waals surface area contributed by atoms with E-state index in [-0.39, 0.29) is 10.4 Å². The Hall–Kier alpha value is -0.960. The zero-order valence-corrected chi connectivity index (χ0v) is 13.1. The third kappa shape index (κ3) is 2.73. The average Bonchev–Trinajstić information content (AvgIpc) is 2.86. The Morgan fingerprint density at radius 1 is 1.35 bits per heavy atom. The van der Waals surface area contributed by atoms with E-state index in [0.29, 0.717) is 38.4 Å². The Bertz CT molecular complexity index is 558. The minimum absolute atomic E-state index is 0.0958. The summed E-state index contributed by atoms with van der Waals surface area (Å²) in [5.41, 5.74) is 6.25. The number of hydrogen-bond donors (Lipinski definition) is 2. The van der Waals surface area contributed by atoms with Gasteiger partial charge in [-0.25, -0.2) is 8.42 Å². The molecule has 1 aliphatic rings. The van der Waals surface area contributed by atoms with Crippen LogP contribution in [0, 0.1) is 6.92 Å². The van der Waals surface area contributed by atoms with Crippen LogP contribution in [-0.2, 0) is 10.0 Å². The summed E-state index contributed by atoms with van der Waals surface area (Å²) in [5, 5.41) is 6.47. The third-order valence-corrected chi connectivity index (χ3v) is 6.01. The summed E-state index contributed by atoms with van der Waals surface area (Å²) in [4.78, 5) is 2.50. The molecule has 2 rings (SSSR count). The first kappa shape index (κ1) is 15.4. The van der Waals surface area contributed by atoms with E-state index >= 15 is 0 Å². The monoisotopic (exact) mass is 301 g/mol. The SMILES string of the molecule is Cc1[nH]ncc1S(=O)(=O)N1CCN(C(C)(C)CN)CC1. The number of aromatic amines is 1. The molecule has 3 N–H and O–H groups in total. The second kappa shape index (κ2) is 5.44. The second-order valence-electron chi connectivity index (χ2n) is 5.77. The largest absolute Gasteiger partial charge is 0.329 e. The highest BCUT2D eigenvalue weighted by molar-refractivity contribution is 7.89. The first-order valence-corrected chi connectivity index (χ1v) is 8.18. The first-order valence-electron chi connectivity index (χ1n) is 6.74. The molecule has 20 heavy (non-hydrogen) atoms. The van der Waals surface area contributed by atoms with Gasteiger partial charge in [0.25, 0.3) is 0 Å². The molecule has 1 aliphatic heterocycles. The van der Waals surface area contributed by atoms with Crippen LogP contribution in [0.2, 0.25) is 0 Å². The molecule has 0 amide bonds. The summed E-state index contributed by atoms with van der Waals surface area (Å²) in [7, 11) is -3.44. The lowest BCUT2D eigenvalue weighted by atomic mass is 10.0. The topological polar surface area (TPSA) is 95.3 Å². The van der Waals surface area contributed by atoms with E-state index in [2.05, 4.69) is 28.9 Å². The van der Waals surface area contributed by atoms with Crippen molar-refractivity contribution in [2.24, 2.45) is 5.73 Å². The Balaban J connectivity index is 2.10.